The fourth-order valence-corrected chi connectivity index (χ4v) is 2.29. The predicted octanol–water partition coefficient (Wildman–Crippen LogP) is 3.06. The van der Waals surface area contributed by atoms with Gasteiger partial charge in [-0.25, -0.2) is 4.98 Å². The van der Waals surface area contributed by atoms with Crippen LogP contribution in [0.15, 0.2) is 18.2 Å². The van der Waals surface area contributed by atoms with Crippen molar-refractivity contribution in [2.75, 3.05) is 7.11 Å². The molecule has 1 N–H and O–H groups in total. The summed E-state index contributed by atoms with van der Waals surface area (Å²) in [6.45, 7) is 2.03. The molecule has 1 aliphatic rings. The van der Waals surface area contributed by atoms with Crippen molar-refractivity contribution in [3.8, 4) is 17.1 Å². The van der Waals surface area contributed by atoms with Gasteiger partial charge in [0.25, 0.3) is 0 Å². The number of nitrogens with zero attached hydrogens (tertiary/aromatic N) is 2. The number of aromatic amines is 1. The number of hydrogen-bond donors (Lipinski definition) is 1. The summed E-state index contributed by atoms with van der Waals surface area (Å²) in [5.74, 6) is 3.30. The van der Waals surface area contributed by atoms with Crippen molar-refractivity contribution in [1.29, 1.82) is 0 Å². The number of hydrogen-bond acceptors (Lipinski definition) is 3. The fourth-order valence-electron chi connectivity index (χ4n) is 2.29. The second kappa shape index (κ2) is 4.44. The Labute approximate surface area is 106 Å². The summed E-state index contributed by atoms with van der Waals surface area (Å²) in [7, 11) is 1.68. The summed E-state index contributed by atoms with van der Waals surface area (Å²) in [6, 6.07) is 6.02. The van der Waals surface area contributed by atoms with E-state index >= 15 is 0 Å². The van der Waals surface area contributed by atoms with E-state index in [4.69, 9.17) is 4.74 Å². The van der Waals surface area contributed by atoms with E-state index in [9.17, 15) is 0 Å². The van der Waals surface area contributed by atoms with Gasteiger partial charge < -0.3 is 4.74 Å². The van der Waals surface area contributed by atoms with Crippen LogP contribution in [0.2, 0.25) is 0 Å². The minimum atomic E-state index is 0.589. The zero-order valence-electron chi connectivity index (χ0n) is 10.7. The van der Waals surface area contributed by atoms with Gasteiger partial charge in [-0.1, -0.05) is 6.42 Å². The first-order chi connectivity index (χ1) is 8.78. The van der Waals surface area contributed by atoms with Crippen LogP contribution in [0.3, 0.4) is 0 Å². The number of aryl methyl sites for hydroxylation is 1. The Morgan fingerprint density at radius 1 is 1.33 bits per heavy atom. The van der Waals surface area contributed by atoms with Crippen LogP contribution < -0.4 is 4.74 Å². The predicted molar refractivity (Wildman–Crippen MR) is 69.7 cm³/mol. The fraction of sp³-hybridized carbons (Fsp3) is 0.429. The second-order valence-electron chi connectivity index (χ2n) is 4.86. The van der Waals surface area contributed by atoms with Crippen molar-refractivity contribution < 1.29 is 4.74 Å². The third kappa shape index (κ3) is 1.88. The highest BCUT2D eigenvalue weighted by Gasteiger charge is 2.23. The molecular weight excluding hydrogens is 226 g/mol. The molecule has 0 unspecified atom stereocenters. The van der Waals surface area contributed by atoms with Gasteiger partial charge in [-0.2, -0.15) is 5.10 Å². The Bertz CT molecular complexity index is 558. The van der Waals surface area contributed by atoms with Gasteiger partial charge in [-0.3, -0.25) is 5.10 Å². The van der Waals surface area contributed by atoms with E-state index in [0.29, 0.717) is 5.92 Å². The van der Waals surface area contributed by atoms with Crippen LogP contribution >= 0.6 is 0 Å². The maximum absolute atomic E-state index is 5.26. The average Bonchev–Trinajstić information content (AvgIpc) is 2.76. The molecule has 1 aliphatic carbocycles. The Morgan fingerprint density at radius 2 is 2.17 bits per heavy atom. The zero-order chi connectivity index (χ0) is 12.5. The SMILES string of the molecule is COc1ccc(-c2n[nH]c(C3CCC3)n2)cc1C. The lowest BCUT2D eigenvalue weighted by Crippen LogP contribution is -2.10. The van der Waals surface area contributed by atoms with E-state index < -0.39 is 0 Å². The summed E-state index contributed by atoms with van der Waals surface area (Å²) in [6.07, 6.45) is 3.77. The number of methoxy groups -OCH3 is 1. The maximum Gasteiger partial charge on any atom is 0.181 e. The van der Waals surface area contributed by atoms with Crippen molar-refractivity contribution in [1.82, 2.24) is 15.2 Å². The Balaban J connectivity index is 1.89. The molecule has 4 heteroatoms. The molecule has 1 aromatic heterocycles. The number of benzene rings is 1. The summed E-state index contributed by atoms with van der Waals surface area (Å²) in [5.41, 5.74) is 2.14. The molecule has 2 aromatic rings. The molecular formula is C14H17N3O. The minimum Gasteiger partial charge on any atom is -0.496 e. The molecule has 1 saturated carbocycles. The van der Waals surface area contributed by atoms with Crippen molar-refractivity contribution in [2.45, 2.75) is 32.1 Å². The third-order valence-corrected chi connectivity index (χ3v) is 3.65. The summed E-state index contributed by atoms with van der Waals surface area (Å²) >= 11 is 0. The number of H-pyrrole nitrogens is 1. The van der Waals surface area contributed by atoms with Gasteiger partial charge in [0.15, 0.2) is 5.82 Å². The quantitative estimate of drug-likeness (QED) is 0.901. The molecule has 3 rings (SSSR count). The highest BCUT2D eigenvalue weighted by Crippen LogP contribution is 2.35. The van der Waals surface area contributed by atoms with E-state index in [1.807, 2.05) is 19.1 Å². The van der Waals surface area contributed by atoms with E-state index in [2.05, 4.69) is 21.2 Å². The van der Waals surface area contributed by atoms with Crippen LogP contribution in [0.1, 0.15) is 36.6 Å². The Kier molecular flexibility index (Phi) is 2.78. The van der Waals surface area contributed by atoms with Crippen molar-refractivity contribution >= 4 is 0 Å². The van der Waals surface area contributed by atoms with Crippen molar-refractivity contribution in [2.24, 2.45) is 0 Å². The van der Waals surface area contributed by atoms with Gasteiger partial charge in [0.2, 0.25) is 0 Å². The van der Waals surface area contributed by atoms with Gasteiger partial charge in [-0.05, 0) is 43.5 Å². The first kappa shape index (κ1) is 11.3. The number of rotatable bonds is 3. The number of ether oxygens (including phenoxy) is 1. The maximum atomic E-state index is 5.26. The molecule has 1 aromatic carbocycles. The van der Waals surface area contributed by atoms with Gasteiger partial charge in [0.1, 0.15) is 11.6 Å². The van der Waals surface area contributed by atoms with Gasteiger partial charge >= 0.3 is 0 Å². The summed E-state index contributed by atoms with van der Waals surface area (Å²) < 4.78 is 5.26. The van der Waals surface area contributed by atoms with Crippen LogP contribution in [0.5, 0.6) is 5.75 Å². The Morgan fingerprint density at radius 3 is 2.78 bits per heavy atom. The summed E-state index contributed by atoms with van der Waals surface area (Å²) in [4.78, 5) is 4.59. The lowest BCUT2D eigenvalue weighted by molar-refractivity contribution is 0.402. The van der Waals surface area contributed by atoms with Crippen LogP contribution in [-0.2, 0) is 0 Å². The molecule has 0 amide bonds. The molecule has 0 atom stereocenters. The Hall–Kier alpha value is -1.84. The number of nitrogens with one attached hydrogen (secondary N) is 1. The highest BCUT2D eigenvalue weighted by molar-refractivity contribution is 5.58. The van der Waals surface area contributed by atoms with E-state index in [1.165, 1.54) is 19.3 Å². The topological polar surface area (TPSA) is 50.8 Å². The average molecular weight is 243 g/mol. The van der Waals surface area contributed by atoms with E-state index in [1.54, 1.807) is 7.11 Å². The molecule has 18 heavy (non-hydrogen) atoms. The lowest BCUT2D eigenvalue weighted by atomic mass is 9.85. The molecule has 1 heterocycles. The molecule has 94 valence electrons. The zero-order valence-corrected chi connectivity index (χ0v) is 10.7. The van der Waals surface area contributed by atoms with Gasteiger partial charge in [0, 0.05) is 11.5 Å². The third-order valence-electron chi connectivity index (χ3n) is 3.65. The molecule has 4 nitrogen and oxygen atoms in total. The first-order valence-electron chi connectivity index (χ1n) is 6.35. The van der Waals surface area contributed by atoms with Crippen molar-refractivity contribution in [3.63, 3.8) is 0 Å². The van der Waals surface area contributed by atoms with E-state index in [0.717, 1.165) is 28.5 Å². The smallest absolute Gasteiger partial charge is 0.181 e. The molecule has 0 saturated heterocycles. The second-order valence-corrected chi connectivity index (χ2v) is 4.86. The van der Waals surface area contributed by atoms with Gasteiger partial charge in [-0.15, -0.1) is 0 Å². The lowest BCUT2D eigenvalue weighted by Gasteiger charge is -2.22. The molecule has 0 bridgehead atoms. The molecule has 1 fully saturated rings. The minimum absolute atomic E-state index is 0.589. The molecule has 0 radical (unpaired) electrons. The largest absolute Gasteiger partial charge is 0.496 e. The normalized spacial score (nSPS) is 15.4. The first-order valence-corrected chi connectivity index (χ1v) is 6.35. The molecule has 0 aliphatic heterocycles. The van der Waals surface area contributed by atoms with Crippen LogP contribution in [0, 0.1) is 6.92 Å². The van der Waals surface area contributed by atoms with Crippen LogP contribution in [-0.4, -0.2) is 22.3 Å². The van der Waals surface area contributed by atoms with Crippen LogP contribution in [0.4, 0.5) is 0 Å². The number of aromatic nitrogens is 3. The standard InChI is InChI=1S/C14H17N3O/c1-9-8-11(6-7-12(9)18-2)14-15-13(16-17-14)10-4-3-5-10/h6-8,10H,3-5H2,1-2H3,(H,15,16,17). The van der Waals surface area contributed by atoms with Gasteiger partial charge in [0.05, 0.1) is 7.11 Å². The highest BCUT2D eigenvalue weighted by atomic mass is 16.5. The monoisotopic (exact) mass is 243 g/mol. The summed E-state index contributed by atoms with van der Waals surface area (Å²) in [5, 5.41) is 7.37. The van der Waals surface area contributed by atoms with E-state index in [-0.39, 0.29) is 0 Å². The van der Waals surface area contributed by atoms with Crippen LogP contribution in [0.25, 0.3) is 11.4 Å². The molecule has 0 spiro atoms. The van der Waals surface area contributed by atoms with Crippen molar-refractivity contribution in [3.05, 3.63) is 29.6 Å².